The van der Waals surface area contributed by atoms with Crippen molar-refractivity contribution in [2.45, 2.75) is 56.4 Å². The van der Waals surface area contributed by atoms with Crippen LogP contribution in [0.5, 0.6) is 0 Å². The van der Waals surface area contributed by atoms with E-state index in [0.717, 1.165) is 6.42 Å². The molecule has 0 amide bonds. The molecular weight excluding hydrogens is 250 g/mol. The van der Waals surface area contributed by atoms with Crippen LogP contribution in [0.4, 0.5) is 0 Å². The molecule has 1 aliphatic carbocycles. The molecule has 2 N–H and O–H groups in total. The molecule has 5 heteroatoms. The van der Waals surface area contributed by atoms with Gasteiger partial charge in [-0.05, 0) is 26.0 Å². The maximum atomic E-state index is 11.2. The van der Waals surface area contributed by atoms with Crippen LogP contribution in [0.1, 0.15) is 39.0 Å². The fraction of sp³-hybridized carbons (Fsp3) is 0.923. The van der Waals surface area contributed by atoms with Crippen molar-refractivity contribution in [3.8, 4) is 0 Å². The Balaban J connectivity index is 2.23. The number of hydrogen-bond donors (Lipinski definition) is 2. The second-order valence-electron chi connectivity index (χ2n) is 4.74. The van der Waals surface area contributed by atoms with Gasteiger partial charge in [-0.2, -0.15) is 11.8 Å². The maximum Gasteiger partial charge on any atom is 0.308 e. The third-order valence-electron chi connectivity index (χ3n) is 3.33. The second kappa shape index (κ2) is 8.77. The van der Waals surface area contributed by atoms with E-state index in [1.54, 1.807) is 6.92 Å². The first-order chi connectivity index (χ1) is 8.67. The number of carbonyl (C=O) groups is 1. The molecule has 0 aromatic carbocycles. The molecule has 0 aliphatic heterocycles. The first-order valence-corrected chi connectivity index (χ1v) is 8.06. The lowest BCUT2D eigenvalue weighted by molar-refractivity contribution is -0.145. The van der Waals surface area contributed by atoms with Gasteiger partial charge in [-0.15, -0.1) is 0 Å². The van der Waals surface area contributed by atoms with Crippen LogP contribution >= 0.6 is 11.8 Å². The first-order valence-electron chi connectivity index (χ1n) is 6.77. The molecule has 0 aromatic heterocycles. The fourth-order valence-electron chi connectivity index (χ4n) is 2.38. The predicted octanol–water partition coefficient (Wildman–Crippen LogP) is 1.56. The molecule has 0 aromatic rings. The van der Waals surface area contributed by atoms with Gasteiger partial charge in [0.15, 0.2) is 0 Å². The highest BCUT2D eigenvalue weighted by Crippen LogP contribution is 2.27. The number of esters is 1. The first kappa shape index (κ1) is 15.8. The zero-order valence-electron chi connectivity index (χ0n) is 11.4. The normalized spacial score (nSPS) is 25.7. The molecule has 0 spiro atoms. The highest BCUT2D eigenvalue weighted by molar-refractivity contribution is 7.99. The molecule has 0 bridgehead atoms. The highest BCUT2D eigenvalue weighted by Gasteiger charge is 2.24. The number of aliphatic hydroxyl groups excluding tert-OH is 1. The summed E-state index contributed by atoms with van der Waals surface area (Å²) in [6.45, 7) is 2.62. The summed E-state index contributed by atoms with van der Waals surface area (Å²) >= 11 is 1.89. The fourth-order valence-corrected chi connectivity index (χ4v) is 3.35. The van der Waals surface area contributed by atoms with Crippen LogP contribution in [0, 0.1) is 0 Å². The topological polar surface area (TPSA) is 58.6 Å². The second-order valence-corrected chi connectivity index (χ2v) is 5.81. The van der Waals surface area contributed by atoms with Crippen molar-refractivity contribution in [3.63, 3.8) is 0 Å². The van der Waals surface area contributed by atoms with E-state index in [4.69, 9.17) is 4.74 Å². The van der Waals surface area contributed by atoms with E-state index in [1.807, 2.05) is 11.8 Å². The van der Waals surface area contributed by atoms with Crippen LogP contribution in [-0.4, -0.2) is 47.9 Å². The van der Waals surface area contributed by atoms with Crippen LogP contribution in [-0.2, 0) is 9.53 Å². The van der Waals surface area contributed by atoms with E-state index in [2.05, 4.69) is 11.6 Å². The summed E-state index contributed by atoms with van der Waals surface area (Å²) in [4.78, 5) is 11.2. The Morgan fingerprint density at radius 2 is 2.22 bits per heavy atom. The minimum atomic E-state index is -0.645. The molecule has 3 unspecified atom stereocenters. The standard InChI is InChI=1S/C13H25NO3S/c1-3-17-13(16)8-10(15)9-14-11-6-4-5-7-12(11)18-2/h10-12,14-15H,3-9H2,1-2H3. The molecule has 1 rings (SSSR count). The summed E-state index contributed by atoms with van der Waals surface area (Å²) in [7, 11) is 0. The average Bonchev–Trinajstić information content (AvgIpc) is 2.37. The number of carbonyl (C=O) groups excluding carboxylic acids is 1. The third kappa shape index (κ3) is 5.59. The van der Waals surface area contributed by atoms with Gasteiger partial charge in [0.1, 0.15) is 0 Å². The van der Waals surface area contributed by atoms with Crippen LogP contribution in [0.3, 0.4) is 0 Å². The van der Waals surface area contributed by atoms with Crippen LogP contribution in [0.15, 0.2) is 0 Å². The van der Waals surface area contributed by atoms with E-state index >= 15 is 0 Å². The summed E-state index contributed by atoms with van der Waals surface area (Å²) in [5.41, 5.74) is 0. The molecule has 1 fully saturated rings. The molecule has 0 saturated heterocycles. The molecule has 0 radical (unpaired) electrons. The van der Waals surface area contributed by atoms with Crippen molar-refractivity contribution in [3.05, 3.63) is 0 Å². The molecular formula is C13H25NO3S. The van der Waals surface area contributed by atoms with Gasteiger partial charge in [0, 0.05) is 17.8 Å². The average molecular weight is 275 g/mol. The monoisotopic (exact) mass is 275 g/mol. The molecule has 18 heavy (non-hydrogen) atoms. The summed E-state index contributed by atoms with van der Waals surface area (Å²) in [6.07, 6.45) is 6.54. The van der Waals surface area contributed by atoms with E-state index in [1.165, 1.54) is 19.3 Å². The molecule has 1 saturated carbocycles. The number of nitrogens with one attached hydrogen (secondary N) is 1. The smallest absolute Gasteiger partial charge is 0.308 e. The van der Waals surface area contributed by atoms with E-state index in [0.29, 0.717) is 24.4 Å². The number of rotatable bonds is 7. The van der Waals surface area contributed by atoms with Crippen LogP contribution < -0.4 is 5.32 Å². The van der Waals surface area contributed by atoms with Crippen LogP contribution in [0.2, 0.25) is 0 Å². The van der Waals surface area contributed by atoms with Crippen molar-refractivity contribution in [1.82, 2.24) is 5.32 Å². The Morgan fingerprint density at radius 1 is 1.50 bits per heavy atom. The summed E-state index contributed by atoms with van der Waals surface area (Å²) in [5, 5.41) is 13.8. The number of ether oxygens (including phenoxy) is 1. The summed E-state index contributed by atoms with van der Waals surface area (Å²) < 4.78 is 4.82. The van der Waals surface area contributed by atoms with E-state index < -0.39 is 6.10 Å². The Labute approximate surface area is 114 Å². The van der Waals surface area contributed by atoms with Crippen molar-refractivity contribution in [2.75, 3.05) is 19.4 Å². The number of thioether (sulfide) groups is 1. The maximum absolute atomic E-state index is 11.2. The minimum absolute atomic E-state index is 0.0808. The van der Waals surface area contributed by atoms with Gasteiger partial charge in [-0.25, -0.2) is 0 Å². The molecule has 0 heterocycles. The lowest BCUT2D eigenvalue weighted by atomic mass is 9.94. The van der Waals surface area contributed by atoms with Crippen molar-refractivity contribution in [1.29, 1.82) is 0 Å². The Bertz CT molecular complexity index is 250. The molecule has 4 nitrogen and oxygen atoms in total. The summed E-state index contributed by atoms with van der Waals surface area (Å²) in [5.74, 6) is -0.322. The Hall–Kier alpha value is -0.260. The highest BCUT2D eigenvalue weighted by atomic mass is 32.2. The number of hydrogen-bond acceptors (Lipinski definition) is 5. The SMILES string of the molecule is CCOC(=O)CC(O)CNC1CCCCC1SC. The van der Waals surface area contributed by atoms with E-state index in [9.17, 15) is 9.90 Å². The minimum Gasteiger partial charge on any atom is -0.466 e. The number of aliphatic hydroxyl groups is 1. The van der Waals surface area contributed by atoms with Gasteiger partial charge >= 0.3 is 5.97 Å². The zero-order chi connectivity index (χ0) is 13.4. The quantitative estimate of drug-likeness (QED) is 0.691. The Kier molecular flexibility index (Phi) is 7.70. The van der Waals surface area contributed by atoms with Crippen LogP contribution in [0.25, 0.3) is 0 Å². The van der Waals surface area contributed by atoms with Gasteiger partial charge in [-0.1, -0.05) is 12.8 Å². The molecule has 106 valence electrons. The largest absolute Gasteiger partial charge is 0.466 e. The van der Waals surface area contributed by atoms with Gasteiger partial charge in [0.05, 0.1) is 19.1 Å². The van der Waals surface area contributed by atoms with Gasteiger partial charge in [-0.3, -0.25) is 4.79 Å². The van der Waals surface area contributed by atoms with Crippen molar-refractivity contribution in [2.24, 2.45) is 0 Å². The van der Waals surface area contributed by atoms with Crippen molar-refractivity contribution < 1.29 is 14.6 Å². The van der Waals surface area contributed by atoms with Gasteiger partial charge in [0.25, 0.3) is 0 Å². The lowest BCUT2D eigenvalue weighted by Gasteiger charge is -2.31. The van der Waals surface area contributed by atoms with Crippen molar-refractivity contribution >= 4 is 17.7 Å². The third-order valence-corrected chi connectivity index (χ3v) is 4.50. The zero-order valence-corrected chi connectivity index (χ0v) is 12.2. The van der Waals surface area contributed by atoms with Gasteiger partial charge < -0.3 is 15.2 Å². The van der Waals surface area contributed by atoms with Gasteiger partial charge in [0.2, 0.25) is 0 Å². The summed E-state index contributed by atoms with van der Waals surface area (Å²) in [6, 6.07) is 0.464. The predicted molar refractivity (Wildman–Crippen MR) is 74.8 cm³/mol. The molecule has 3 atom stereocenters. The lowest BCUT2D eigenvalue weighted by Crippen LogP contribution is -2.44. The Morgan fingerprint density at radius 3 is 2.89 bits per heavy atom. The molecule has 1 aliphatic rings. The van der Waals surface area contributed by atoms with E-state index in [-0.39, 0.29) is 12.4 Å².